The number of allylic oxidation sites excluding steroid dienone is 1. The normalized spacial score (nSPS) is 11.8. The number of carbonyl (C=O) groups is 1. The lowest BCUT2D eigenvalue weighted by Crippen LogP contribution is -2.30. The number of thioether (sulfide) groups is 1. The first-order chi connectivity index (χ1) is 13.6. The quantitative estimate of drug-likeness (QED) is 0.467. The van der Waals surface area contributed by atoms with Crippen molar-refractivity contribution in [3.63, 3.8) is 0 Å². The van der Waals surface area contributed by atoms with Crippen molar-refractivity contribution in [2.24, 2.45) is 0 Å². The second kappa shape index (κ2) is 9.32. The standard InChI is InChI=1S/C21H23N5OS/c1-4-12-26-19(18-6-5-11-22-14-18)24-25-21(26)28-16(3)20(27)23-13-17-9-7-15(2)8-10-17/h4-11,14,16H,1,12-13H2,2-3H3,(H,23,27)/t16-/m1/s1. The van der Waals surface area contributed by atoms with Gasteiger partial charge in [0.2, 0.25) is 5.91 Å². The molecule has 3 aromatic rings. The number of aromatic nitrogens is 4. The van der Waals surface area contributed by atoms with Gasteiger partial charge in [0.25, 0.3) is 0 Å². The molecule has 3 rings (SSSR count). The molecule has 1 aromatic carbocycles. The van der Waals surface area contributed by atoms with E-state index in [1.54, 1.807) is 18.5 Å². The smallest absolute Gasteiger partial charge is 0.233 e. The van der Waals surface area contributed by atoms with Gasteiger partial charge in [0, 0.05) is 31.0 Å². The predicted octanol–water partition coefficient (Wildman–Crippen LogP) is 3.63. The minimum absolute atomic E-state index is 0.0401. The van der Waals surface area contributed by atoms with Crippen LogP contribution in [0.5, 0.6) is 0 Å². The molecule has 6 nitrogen and oxygen atoms in total. The third-order valence-corrected chi connectivity index (χ3v) is 5.27. The van der Waals surface area contributed by atoms with Crippen LogP contribution in [0.15, 0.2) is 66.6 Å². The fourth-order valence-electron chi connectivity index (χ4n) is 2.63. The Bertz CT molecular complexity index is 937. The van der Waals surface area contributed by atoms with E-state index in [0.29, 0.717) is 24.1 Å². The molecule has 1 amide bonds. The second-order valence-corrected chi connectivity index (χ2v) is 7.72. The molecule has 0 saturated heterocycles. The van der Waals surface area contributed by atoms with Gasteiger partial charge >= 0.3 is 0 Å². The molecular weight excluding hydrogens is 370 g/mol. The summed E-state index contributed by atoms with van der Waals surface area (Å²) in [6.07, 6.45) is 5.25. The number of nitrogens with zero attached hydrogens (tertiary/aromatic N) is 4. The van der Waals surface area contributed by atoms with E-state index in [9.17, 15) is 4.79 Å². The Balaban J connectivity index is 1.68. The monoisotopic (exact) mass is 393 g/mol. The molecule has 0 aliphatic carbocycles. The van der Waals surface area contributed by atoms with Gasteiger partial charge in [-0.15, -0.1) is 16.8 Å². The zero-order valence-electron chi connectivity index (χ0n) is 16.0. The van der Waals surface area contributed by atoms with E-state index in [1.807, 2.05) is 54.8 Å². The fourth-order valence-corrected chi connectivity index (χ4v) is 3.51. The Morgan fingerprint density at radius 3 is 2.75 bits per heavy atom. The third kappa shape index (κ3) is 4.86. The molecule has 7 heteroatoms. The minimum Gasteiger partial charge on any atom is -0.351 e. The van der Waals surface area contributed by atoms with E-state index in [1.165, 1.54) is 17.3 Å². The van der Waals surface area contributed by atoms with Crippen LogP contribution in [0.2, 0.25) is 0 Å². The van der Waals surface area contributed by atoms with E-state index in [0.717, 1.165) is 11.1 Å². The lowest BCUT2D eigenvalue weighted by molar-refractivity contribution is -0.120. The highest BCUT2D eigenvalue weighted by atomic mass is 32.2. The van der Waals surface area contributed by atoms with Crippen LogP contribution in [0, 0.1) is 6.92 Å². The number of benzene rings is 1. The van der Waals surface area contributed by atoms with Gasteiger partial charge < -0.3 is 5.32 Å². The van der Waals surface area contributed by atoms with Gasteiger partial charge in [-0.25, -0.2) is 0 Å². The second-order valence-electron chi connectivity index (χ2n) is 6.41. The average Bonchev–Trinajstić information content (AvgIpc) is 3.10. The Morgan fingerprint density at radius 2 is 2.07 bits per heavy atom. The van der Waals surface area contributed by atoms with Crippen molar-refractivity contribution in [1.29, 1.82) is 0 Å². The Morgan fingerprint density at radius 1 is 1.29 bits per heavy atom. The summed E-state index contributed by atoms with van der Waals surface area (Å²) in [5.74, 6) is 0.671. The molecule has 0 unspecified atom stereocenters. The van der Waals surface area contributed by atoms with Gasteiger partial charge in [0.05, 0.1) is 5.25 Å². The number of aryl methyl sites for hydroxylation is 1. The van der Waals surface area contributed by atoms with Crippen molar-refractivity contribution in [2.75, 3.05) is 0 Å². The maximum absolute atomic E-state index is 12.5. The van der Waals surface area contributed by atoms with Crippen LogP contribution >= 0.6 is 11.8 Å². The molecule has 0 aliphatic heterocycles. The molecule has 2 heterocycles. The van der Waals surface area contributed by atoms with Crippen molar-refractivity contribution < 1.29 is 4.79 Å². The Kier molecular flexibility index (Phi) is 6.60. The van der Waals surface area contributed by atoms with Crippen LogP contribution in [0.25, 0.3) is 11.4 Å². The Hall–Kier alpha value is -2.93. The molecule has 0 bridgehead atoms. The number of hydrogen-bond donors (Lipinski definition) is 1. The summed E-state index contributed by atoms with van der Waals surface area (Å²) in [4.78, 5) is 16.7. The van der Waals surface area contributed by atoms with E-state index >= 15 is 0 Å². The predicted molar refractivity (Wildman–Crippen MR) is 112 cm³/mol. The highest BCUT2D eigenvalue weighted by molar-refractivity contribution is 8.00. The molecular formula is C21H23N5OS. The maximum atomic E-state index is 12.5. The molecule has 1 atom stereocenters. The van der Waals surface area contributed by atoms with Gasteiger partial charge in [0.15, 0.2) is 11.0 Å². The lowest BCUT2D eigenvalue weighted by atomic mass is 10.1. The summed E-state index contributed by atoms with van der Waals surface area (Å²) < 4.78 is 1.94. The highest BCUT2D eigenvalue weighted by Crippen LogP contribution is 2.26. The molecule has 0 radical (unpaired) electrons. The van der Waals surface area contributed by atoms with Gasteiger partial charge in [-0.05, 0) is 31.5 Å². The van der Waals surface area contributed by atoms with Crippen LogP contribution in [0.4, 0.5) is 0 Å². The molecule has 2 aromatic heterocycles. The third-order valence-electron chi connectivity index (χ3n) is 4.19. The van der Waals surface area contributed by atoms with Crippen molar-refractivity contribution in [3.8, 4) is 11.4 Å². The van der Waals surface area contributed by atoms with E-state index in [2.05, 4.69) is 27.1 Å². The van der Waals surface area contributed by atoms with Crippen molar-refractivity contribution in [3.05, 3.63) is 72.6 Å². The van der Waals surface area contributed by atoms with Crippen molar-refractivity contribution in [2.45, 2.75) is 37.3 Å². The van der Waals surface area contributed by atoms with E-state index in [-0.39, 0.29) is 11.2 Å². The first-order valence-corrected chi connectivity index (χ1v) is 9.91. The summed E-state index contributed by atoms with van der Waals surface area (Å²) in [7, 11) is 0. The van der Waals surface area contributed by atoms with Gasteiger partial charge in [0.1, 0.15) is 0 Å². The number of hydrogen-bond acceptors (Lipinski definition) is 5. The number of amides is 1. The van der Waals surface area contributed by atoms with Crippen LogP contribution < -0.4 is 5.32 Å². The molecule has 0 fully saturated rings. The number of pyridine rings is 1. The summed E-state index contributed by atoms with van der Waals surface area (Å²) >= 11 is 1.38. The molecule has 144 valence electrons. The highest BCUT2D eigenvalue weighted by Gasteiger charge is 2.20. The van der Waals surface area contributed by atoms with Crippen molar-refractivity contribution >= 4 is 17.7 Å². The lowest BCUT2D eigenvalue weighted by Gasteiger charge is -2.13. The summed E-state index contributed by atoms with van der Waals surface area (Å²) in [5, 5.41) is 11.9. The van der Waals surface area contributed by atoms with Crippen LogP contribution in [0.3, 0.4) is 0 Å². The first-order valence-electron chi connectivity index (χ1n) is 9.03. The molecule has 0 aliphatic rings. The molecule has 28 heavy (non-hydrogen) atoms. The maximum Gasteiger partial charge on any atom is 0.233 e. The van der Waals surface area contributed by atoms with Gasteiger partial charge in [-0.1, -0.05) is 47.7 Å². The van der Waals surface area contributed by atoms with Crippen molar-refractivity contribution in [1.82, 2.24) is 25.1 Å². The average molecular weight is 394 g/mol. The molecule has 0 spiro atoms. The topological polar surface area (TPSA) is 72.7 Å². The molecule has 0 saturated carbocycles. The Labute approximate surface area is 169 Å². The van der Waals surface area contributed by atoms with Gasteiger partial charge in [-0.2, -0.15) is 0 Å². The summed E-state index contributed by atoms with van der Waals surface area (Å²) in [6, 6.07) is 11.9. The minimum atomic E-state index is -0.306. The summed E-state index contributed by atoms with van der Waals surface area (Å²) in [5.41, 5.74) is 3.15. The number of nitrogens with one attached hydrogen (secondary N) is 1. The largest absolute Gasteiger partial charge is 0.351 e. The number of rotatable bonds is 8. The van der Waals surface area contributed by atoms with Crippen LogP contribution in [-0.2, 0) is 17.9 Å². The zero-order chi connectivity index (χ0) is 19.9. The van der Waals surface area contributed by atoms with Crippen LogP contribution in [-0.4, -0.2) is 30.9 Å². The fraction of sp³-hybridized carbons (Fsp3) is 0.238. The van der Waals surface area contributed by atoms with E-state index in [4.69, 9.17) is 0 Å². The zero-order valence-corrected chi connectivity index (χ0v) is 16.8. The summed E-state index contributed by atoms with van der Waals surface area (Å²) in [6.45, 7) is 8.78. The van der Waals surface area contributed by atoms with Gasteiger partial charge in [-0.3, -0.25) is 14.3 Å². The van der Waals surface area contributed by atoms with Crippen LogP contribution in [0.1, 0.15) is 18.1 Å². The first kappa shape index (κ1) is 19.8. The molecule has 1 N–H and O–H groups in total. The SMILES string of the molecule is C=CCn1c(S[C@H](C)C(=O)NCc2ccc(C)cc2)nnc1-c1cccnc1. The number of carbonyl (C=O) groups excluding carboxylic acids is 1. The van der Waals surface area contributed by atoms with E-state index < -0.39 is 0 Å².